The first-order valence-corrected chi connectivity index (χ1v) is 10.4. The van der Waals surface area contributed by atoms with Gasteiger partial charge in [0.25, 0.3) is 0 Å². The Morgan fingerprint density at radius 1 is 1.21 bits per heavy atom. The zero-order chi connectivity index (χ0) is 19.8. The number of carbonyl (C=O) groups excluding carboxylic acids is 1. The van der Waals surface area contributed by atoms with Crippen LogP contribution >= 0.6 is 39.1 Å². The molecule has 0 aliphatic heterocycles. The highest BCUT2D eigenvalue weighted by molar-refractivity contribution is 9.10. The van der Waals surface area contributed by atoms with Crippen molar-refractivity contribution in [1.82, 2.24) is 0 Å². The van der Waals surface area contributed by atoms with Crippen LogP contribution in [0.4, 0.5) is 5.69 Å². The van der Waals surface area contributed by atoms with Crippen LogP contribution in [0, 0.1) is 0 Å². The number of rotatable bonds is 3. The summed E-state index contributed by atoms with van der Waals surface area (Å²) in [5.74, 6) is 1.02. The monoisotopic (exact) mass is 479 g/mol. The molecule has 4 rings (SSSR count). The van der Waals surface area contributed by atoms with Gasteiger partial charge in [0.15, 0.2) is 5.75 Å². The lowest BCUT2D eigenvalue weighted by molar-refractivity contribution is -0.131. The molecule has 0 unspecified atom stereocenters. The maximum Gasteiger partial charge on any atom is 0.308 e. The van der Waals surface area contributed by atoms with E-state index < -0.39 is 5.97 Å². The fraction of sp³-hybridized carbons (Fsp3) is 0.238. The number of ether oxygens (including phenoxy) is 1. The number of carbonyl (C=O) groups is 1. The Bertz CT molecular complexity index is 1120. The van der Waals surface area contributed by atoms with Crippen LogP contribution in [0.1, 0.15) is 36.7 Å². The Morgan fingerprint density at radius 2 is 2.00 bits per heavy atom. The van der Waals surface area contributed by atoms with Gasteiger partial charge in [-0.3, -0.25) is 9.79 Å². The molecule has 1 aliphatic carbocycles. The number of esters is 1. The Kier molecular flexibility index (Phi) is 5.50. The smallest absolute Gasteiger partial charge is 0.308 e. The maximum atomic E-state index is 11.7. The molecule has 0 atom stereocenters. The molecule has 0 saturated carbocycles. The van der Waals surface area contributed by atoms with Crippen molar-refractivity contribution in [2.45, 2.75) is 32.6 Å². The fourth-order valence-corrected chi connectivity index (χ4v) is 4.28. The van der Waals surface area contributed by atoms with Gasteiger partial charge in [0.1, 0.15) is 11.3 Å². The Balaban J connectivity index is 1.92. The molecule has 1 aromatic heterocycles. The minimum atomic E-state index is -0.401. The van der Waals surface area contributed by atoms with Gasteiger partial charge in [-0.1, -0.05) is 23.2 Å². The number of benzene rings is 2. The number of furan rings is 1. The molecule has 28 heavy (non-hydrogen) atoms. The van der Waals surface area contributed by atoms with E-state index in [0.717, 1.165) is 48.0 Å². The van der Waals surface area contributed by atoms with Gasteiger partial charge in [0.2, 0.25) is 0 Å². The molecule has 0 N–H and O–H groups in total. The van der Waals surface area contributed by atoms with Crippen molar-refractivity contribution in [1.29, 1.82) is 0 Å². The fourth-order valence-electron chi connectivity index (χ4n) is 3.48. The van der Waals surface area contributed by atoms with Crippen molar-refractivity contribution < 1.29 is 13.9 Å². The number of aliphatic imine (C=N–C) groups is 1. The highest BCUT2D eigenvalue weighted by Gasteiger charge is 2.24. The van der Waals surface area contributed by atoms with Gasteiger partial charge in [0.05, 0.1) is 20.2 Å². The molecule has 7 heteroatoms. The van der Waals surface area contributed by atoms with Crippen LogP contribution in [0.25, 0.3) is 11.0 Å². The molecule has 0 bridgehead atoms. The average molecular weight is 481 g/mol. The molecule has 1 heterocycles. The molecule has 2 aromatic carbocycles. The number of aryl methyl sites for hydroxylation is 2. The van der Waals surface area contributed by atoms with Crippen LogP contribution in [0.3, 0.4) is 0 Å². The molecule has 0 radical (unpaired) electrons. The summed E-state index contributed by atoms with van der Waals surface area (Å²) in [4.78, 5) is 16.2. The summed E-state index contributed by atoms with van der Waals surface area (Å²) in [6.07, 6.45) is 5.74. The molecule has 0 amide bonds. The maximum absolute atomic E-state index is 11.7. The summed E-state index contributed by atoms with van der Waals surface area (Å²) in [6, 6.07) is 7.00. The molecule has 4 nitrogen and oxygen atoms in total. The van der Waals surface area contributed by atoms with Gasteiger partial charge in [-0.25, -0.2) is 0 Å². The number of fused-ring (bicyclic) bond motifs is 3. The molecule has 0 saturated heterocycles. The third kappa shape index (κ3) is 3.71. The molecular weight excluding hydrogens is 465 g/mol. The van der Waals surface area contributed by atoms with E-state index in [1.165, 1.54) is 6.92 Å². The van der Waals surface area contributed by atoms with Gasteiger partial charge in [-0.15, -0.1) is 0 Å². The summed E-state index contributed by atoms with van der Waals surface area (Å²) >= 11 is 15.6. The molecule has 3 aromatic rings. The molecule has 1 aliphatic rings. The van der Waals surface area contributed by atoms with Crippen LogP contribution < -0.4 is 4.74 Å². The summed E-state index contributed by atoms with van der Waals surface area (Å²) in [7, 11) is 0. The van der Waals surface area contributed by atoms with Crippen LogP contribution in [0.15, 0.2) is 38.1 Å². The second-order valence-corrected chi connectivity index (χ2v) is 8.30. The topological polar surface area (TPSA) is 51.8 Å². The zero-order valence-corrected chi connectivity index (χ0v) is 18.1. The van der Waals surface area contributed by atoms with Crippen LogP contribution in [-0.2, 0) is 17.6 Å². The summed E-state index contributed by atoms with van der Waals surface area (Å²) < 4.78 is 12.2. The van der Waals surface area contributed by atoms with Crippen molar-refractivity contribution in [3.63, 3.8) is 0 Å². The second kappa shape index (κ2) is 7.90. The van der Waals surface area contributed by atoms with Gasteiger partial charge in [-0.2, -0.15) is 0 Å². The Labute approximate surface area is 180 Å². The van der Waals surface area contributed by atoms with Crippen molar-refractivity contribution >= 4 is 68.0 Å². The number of hydrogen-bond acceptors (Lipinski definition) is 4. The van der Waals surface area contributed by atoms with E-state index in [2.05, 4.69) is 20.9 Å². The van der Waals surface area contributed by atoms with E-state index in [1.807, 2.05) is 6.07 Å². The van der Waals surface area contributed by atoms with E-state index in [-0.39, 0.29) is 0 Å². The Hall–Kier alpha value is -1.82. The minimum absolute atomic E-state index is 0.401. The lowest BCUT2D eigenvalue weighted by atomic mass is 9.94. The van der Waals surface area contributed by atoms with E-state index in [1.54, 1.807) is 24.4 Å². The summed E-state index contributed by atoms with van der Waals surface area (Å²) in [5.41, 5.74) is 3.27. The largest absolute Gasteiger partial charge is 0.461 e. The van der Waals surface area contributed by atoms with Gasteiger partial charge >= 0.3 is 5.97 Å². The normalized spacial score (nSPS) is 13.9. The first-order chi connectivity index (χ1) is 13.4. The highest BCUT2D eigenvalue weighted by atomic mass is 79.9. The molecular formula is C21H16BrCl2NO3. The molecule has 0 spiro atoms. The van der Waals surface area contributed by atoms with E-state index in [9.17, 15) is 4.79 Å². The van der Waals surface area contributed by atoms with E-state index in [0.29, 0.717) is 31.5 Å². The minimum Gasteiger partial charge on any atom is -0.461 e. The van der Waals surface area contributed by atoms with E-state index in [4.69, 9.17) is 32.4 Å². The number of nitrogens with zero attached hydrogens (tertiary/aromatic N) is 1. The molecule has 144 valence electrons. The number of halogens is 3. The predicted octanol–water partition coefficient (Wildman–Crippen LogP) is 7.06. The zero-order valence-electron chi connectivity index (χ0n) is 15.0. The van der Waals surface area contributed by atoms with Gasteiger partial charge < -0.3 is 9.15 Å². The first kappa shape index (κ1) is 19.5. The lowest BCUT2D eigenvalue weighted by Gasteiger charge is -2.12. The average Bonchev–Trinajstić information content (AvgIpc) is 3.02. The standard InChI is InChI=1S/C21H16BrCl2NO3/c1-11(26)27-21-14(10-25-12-6-7-16(23)17(24)8-12)20-13-4-2-3-5-18(13)28-19(20)9-15(21)22/h6-10H,2-5H2,1H3. The summed E-state index contributed by atoms with van der Waals surface area (Å²) in [5, 5.41) is 1.84. The van der Waals surface area contributed by atoms with Gasteiger partial charge in [0, 0.05) is 36.1 Å². The van der Waals surface area contributed by atoms with Crippen molar-refractivity contribution in [2.24, 2.45) is 4.99 Å². The van der Waals surface area contributed by atoms with Crippen molar-refractivity contribution in [2.75, 3.05) is 0 Å². The third-order valence-corrected chi connectivity index (χ3v) is 6.01. The summed E-state index contributed by atoms with van der Waals surface area (Å²) in [6.45, 7) is 1.38. The van der Waals surface area contributed by atoms with Crippen LogP contribution in [0.5, 0.6) is 5.75 Å². The first-order valence-electron chi connectivity index (χ1n) is 8.88. The Morgan fingerprint density at radius 3 is 2.75 bits per heavy atom. The van der Waals surface area contributed by atoms with E-state index >= 15 is 0 Å². The van der Waals surface area contributed by atoms with Crippen molar-refractivity contribution in [3.8, 4) is 5.75 Å². The van der Waals surface area contributed by atoms with Crippen molar-refractivity contribution in [3.05, 3.63) is 55.7 Å². The SMILES string of the molecule is CC(=O)Oc1c(Br)cc2oc3c(c2c1C=Nc1ccc(Cl)c(Cl)c1)CCCC3. The third-order valence-electron chi connectivity index (χ3n) is 4.68. The van der Waals surface area contributed by atoms with Crippen LogP contribution in [-0.4, -0.2) is 12.2 Å². The highest BCUT2D eigenvalue weighted by Crippen LogP contribution is 2.41. The van der Waals surface area contributed by atoms with Gasteiger partial charge in [-0.05, 0) is 59.5 Å². The number of hydrogen-bond donors (Lipinski definition) is 0. The lowest BCUT2D eigenvalue weighted by Crippen LogP contribution is -2.06. The van der Waals surface area contributed by atoms with Crippen LogP contribution in [0.2, 0.25) is 10.0 Å². The predicted molar refractivity (Wildman–Crippen MR) is 116 cm³/mol. The second-order valence-electron chi connectivity index (χ2n) is 6.64. The molecule has 0 fully saturated rings. The quantitative estimate of drug-likeness (QED) is 0.229.